The lowest BCUT2D eigenvalue weighted by Crippen LogP contribution is -2.36. The van der Waals surface area contributed by atoms with Crippen LogP contribution >= 0.6 is 23.2 Å². The van der Waals surface area contributed by atoms with Crippen molar-refractivity contribution >= 4 is 29.1 Å². The minimum absolute atomic E-state index is 0.0140. The molecule has 174 valence electrons. The van der Waals surface area contributed by atoms with Gasteiger partial charge in [0, 0.05) is 27.7 Å². The van der Waals surface area contributed by atoms with Crippen molar-refractivity contribution in [1.29, 1.82) is 0 Å². The molecule has 1 aliphatic rings. The fraction of sp³-hybridized carbons (Fsp3) is 0.320. The Hall–Kier alpha value is -2.67. The number of furan rings is 1. The highest BCUT2D eigenvalue weighted by Crippen LogP contribution is 2.30. The van der Waals surface area contributed by atoms with Crippen molar-refractivity contribution in [3.63, 3.8) is 0 Å². The van der Waals surface area contributed by atoms with Crippen molar-refractivity contribution in [3.05, 3.63) is 81.7 Å². The number of hydrogen-bond donors (Lipinski definition) is 1. The monoisotopic (exact) mass is 488 g/mol. The molecule has 0 radical (unpaired) electrons. The van der Waals surface area contributed by atoms with Gasteiger partial charge in [-0.05, 0) is 68.4 Å². The predicted octanol–water partition coefficient (Wildman–Crippen LogP) is 5.74. The van der Waals surface area contributed by atoms with Gasteiger partial charge in [-0.2, -0.15) is 0 Å². The molecule has 1 fully saturated rings. The van der Waals surface area contributed by atoms with Gasteiger partial charge in [-0.3, -0.25) is 9.69 Å². The SMILES string of the molecule is COc1cc(C(=O)NCC(c2ccco2)N2CCCC2)ccc1OCc1ccc(Cl)cc1Cl. The number of ether oxygens (including phenoxy) is 2. The Balaban J connectivity index is 1.41. The zero-order valence-electron chi connectivity index (χ0n) is 18.4. The molecule has 1 aliphatic heterocycles. The maximum absolute atomic E-state index is 12.9. The lowest BCUT2D eigenvalue weighted by atomic mass is 10.1. The molecule has 1 amide bonds. The number of hydrogen-bond acceptors (Lipinski definition) is 5. The Morgan fingerprint density at radius 2 is 1.94 bits per heavy atom. The fourth-order valence-corrected chi connectivity index (χ4v) is 4.42. The molecule has 1 saturated heterocycles. The van der Waals surface area contributed by atoms with Gasteiger partial charge in [0.25, 0.3) is 5.91 Å². The molecule has 2 aromatic carbocycles. The normalized spacial score (nSPS) is 14.8. The third kappa shape index (κ3) is 5.82. The van der Waals surface area contributed by atoms with Gasteiger partial charge >= 0.3 is 0 Å². The number of amides is 1. The van der Waals surface area contributed by atoms with E-state index in [4.69, 9.17) is 37.1 Å². The number of carbonyl (C=O) groups excluding carboxylic acids is 1. The van der Waals surface area contributed by atoms with Gasteiger partial charge in [0.1, 0.15) is 12.4 Å². The van der Waals surface area contributed by atoms with Crippen molar-refractivity contribution < 1.29 is 18.7 Å². The van der Waals surface area contributed by atoms with E-state index in [1.165, 1.54) is 0 Å². The van der Waals surface area contributed by atoms with Crippen LogP contribution < -0.4 is 14.8 Å². The van der Waals surface area contributed by atoms with Crippen LogP contribution in [0.15, 0.2) is 59.2 Å². The first-order valence-corrected chi connectivity index (χ1v) is 11.6. The Morgan fingerprint density at radius 1 is 1.12 bits per heavy atom. The van der Waals surface area contributed by atoms with E-state index in [0.29, 0.717) is 33.7 Å². The van der Waals surface area contributed by atoms with Crippen molar-refractivity contribution in [3.8, 4) is 11.5 Å². The van der Waals surface area contributed by atoms with Crippen LogP contribution in [-0.2, 0) is 6.61 Å². The number of rotatable bonds is 9. The quantitative estimate of drug-likeness (QED) is 0.415. The summed E-state index contributed by atoms with van der Waals surface area (Å²) in [6, 6.07) is 14.2. The Bertz CT molecular complexity index is 1080. The van der Waals surface area contributed by atoms with Crippen LogP contribution in [0.5, 0.6) is 11.5 Å². The average molecular weight is 489 g/mol. The van der Waals surface area contributed by atoms with Crippen LogP contribution in [0, 0.1) is 0 Å². The molecule has 2 heterocycles. The summed E-state index contributed by atoms with van der Waals surface area (Å²) in [4.78, 5) is 15.2. The minimum atomic E-state index is -0.184. The second-order valence-electron chi connectivity index (χ2n) is 7.87. The third-order valence-corrected chi connectivity index (χ3v) is 6.32. The van der Waals surface area contributed by atoms with E-state index in [0.717, 1.165) is 37.3 Å². The van der Waals surface area contributed by atoms with Crippen LogP contribution in [0.25, 0.3) is 0 Å². The van der Waals surface area contributed by atoms with E-state index < -0.39 is 0 Å². The summed E-state index contributed by atoms with van der Waals surface area (Å²) in [7, 11) is 1.54. The zero-order valence-corrected chi connectivity index (χ0v) is 19.9. The van der Waals surface area contributed by atoms with Crippen LogP contribution in [0.1, 0.15) is 40.6 Å². The summed E-state index contributed by atoms with van der Waals surface area (Å²) >= 11 is 12.2. The first-order chi connectivity index (χ1) is 16.0. The molecule has 0 saturated carbocycles. The lowest BCUT2D eigenvalue weighted by molar-refractivity contribution is 0.0933. The summed E-state index contributed by atoms with van der Waals surface area (Å²) in [5.41, 5.74) is 1.29. The van der Waals surface area contributed by atoms with Crippen molar-refractivity contribution in [1.82, 2.24) is 10.2 Å². The fourth-order valence-electron chi connectivity index (χ4n) is 3.96. The molecule has 1 unspecified atom stereocenters. The van der Waals surface area contributed by atoms with Crippen LogP contribution in [0.4, 0.5) is 0 Å². The van der Waals surface area contributed by atoms with Gasteiger partial charge in [-0.1, -0.05) is 29.3 Å². The number of carbonyl (C=O) groups is 1. The summed E-state index contributed by atoms with van der Waals surface area (Å²) in [5, 5.41) is 4.13. The van der Waals surface area contributed by atoms with Crippen molar-refractivity contribution in [2.75, 3.05) is 26.7 Å². The summed E-state index contributed by atoms with van der Waals surface area (Å²) in [5.74, 6) is 1.66. The van der Waals surface area contributed by atoms with Gasteiger partial charge < -0.3 is 19.2 Å². The lowest BCUT2D eigenvalue weighted by Gasteiger charge is -2.26. The van der Waals surface area contributed by atoms with Crippen LogP contribution in [0.3, 0.4) is 0 Å². The number of nitrogens with zero attached hydrogens (tertiary/aromatic N) is 1. The number of likely N-dealkylation sites (tertiary alicyclic amines) is 1. The van der Waals surface area contributed by atoms with Crippen LogP contribution in [-0.4, -0.2) is 37.6 Å². The van der Waals surface area contributed by atoms with E-state index in [1.807, 2.05) is 18.2 Å². The highest BCUT2D eigenvalue weighted by molar-refractivity contribution is 6.35. The molecule has 1 atom stereocenters. The second kappa shape index (κ2) is 11.0. The second-order valence-corrected chi connectivity index (χ2v) is 8.72. The van der Waals surface area contributed by atoms with E-state index in [2.05, 4.69) is 10.2 Å². The van der Waals surface area contributed by atoms with Gasteiger partial charge in [0.15, 0.2) is 11.5 Å². The average Bonchev–Trinajstić information content (AvgIpc) is 3.54. The molecule has 0 spiro atoms. The van der Waals surface area contributed by atoms with Gasteiger partial charge in [0.05, 0.1) is 19.4 Å². The molecule has 6 nitrogen and oxygen atoms in total. The molecule has 4 rings (SSSR count). The number of methoxy groups -OCH3 is 1. The molecule has 33 heavy (non-hydrogen) atoms. The zero-order chi connectivity index (χ0) is 23.2. The Morgan fingerprint density at radius 3 is 2.64 bits per heavy atom. The summed E-state index contributed by atoms with van der Waals surface area (Å²) < 4.78 is 17.0. The first-order valence-electron chi connectivity index (χ1n) is 10.9. The predicted molar refractivity (Wildman–Crippen MR) is 128 cm³/mol. The first kappa shape index (κ1) is 23.5. The molecule has 0 bridgehead atoms. The summed E-state index contributed by atoms with van der Waals surface area (Å²) in [6.45, 7) is 2.71. The molecule has 1 N–H and O–H groups in total. The molecular formula is C25H26Cl2N2O4. The number of benzene rings is 2. The topological polar surface area (TPSA) is 63.9 Å². The maximum Gasteiger partial charge on any atom is 0.251 e. The van der Waals surface area contributed by atoms with Gasteiger partial charge in [-0.15, -0.1) is 0 Å². The van der Waals surface area contributed by atoms with Gasteiger partial charge in [0.2, 0.25) is 0 Å². The van der Waals surface area contributed by atoms with Crippen LogP contribution in [0.2, 0.25) is 10.0 Å². The Kier molecular flexibility index (Phi) is 7.81. The highest BCUT2D eigenvalue weighted by atomic mass is 35.5. The van der Waals surface area contributed by atoms with E-state index in [1.54, 1.807) is 43.7 Å². The standard InChI is InChI=1S/C25H26Cl2N2O4/c1-31-24-13-17(7-9-23(24)33-16-18-6-8-19(26)14-20(18)27)25(30)28-15-21(22-5-4-12-32-22)29-10-2-3-11-29/h4-9,12-14,21H,2-3,10-11,15-16H2,1H3,(H,28,30). The molecule has 0 aliphatic carbocycles. The Labute approximate surface area is 203 Å². The molecule has 8 heteroatoms. The van der Waals surface area contributed by atoms with Gasteiger partial charge in [-0.25, -0.2) is 0 Å². The highest BCUT2D eigenvalue weighted by Gasteiger charge is 2.26. The minimum Gasteiger partial charge on any atom is -0.493 e. The third-order valence-electron chi connectivity index (χ3n) is 5.73. The molecular weight excluding hydrogens is 463 g/mol. The van der Waals surface area contributed by atoms with Crippen molar-refractivity contribution in [2.24, 2.45) is 0 Å². The largest absolute Gasteiger partial charge is 0.493 e. The van der Waals surface area contributed by atoms with E-state index in [-0.39, 0.29) is 18.6 Å². The molecule has 1 aromatic heterocycles. The summed E-state index contributed by atoms with van der Waals surface area (Å²) in [6.07, 6.45) is 3.98. The van der Waals surface area contributed by atoms with E-state index >= 15 is 0 Å². The smallest absolute Gasteiger partial charge is 0.251 e. The van der Waals surface area contributed by atoms with E-state index in [9.17, 15) is 4.79 Å². The molecule has 3 aromatic rings. The number of halogens is 2. The maximum atomic E-state index is 12.9. The van der Waals surface area contributed by atoms with Crippen molar-refractivity contribution in [2.45, 2.75) is 25.5 Å². The number of nitrogens with one attached hydrogen (secondary N) is 1.